The van der Waals surface area contributed by atoms with E-state index >= 15 is 0 Å². The number of carbonyl (C=O) groups excluding carboxylic acids is 2. The molecule has 1 rings (SSSR count). The maximum atomic E-state index is 12.4. The number of hydrogen-bond acceptors (Lipinski definition) is 4. The third-order valence-electron chi connectivity index (χ3n) is 3.74. The standard InChI is InChI=1S/C20H32N4O3/c1-13(2)9-17(19(26)22-12-14(3)4)23-20(21)24-18(25)11-15-7-6-8-16(10-15)27-5/h6-8,10,13-14,17H,9,11-12H2,1-5H3,(H,22,26)(H3,21,23,24,25). The second kappa shape index (κ2) is 11.2. The number of rotatable bonds is 9. The van der Waals surface area contributed by atoms with E-state index in [1.807, 2.05) is 45.9 Å². The first-order valence-electron chi connectivity index (χ1n) is 9.25. The molecule has 150 valence electrons. The van der Waals surface area contributed by atoms with E-state index in [0.717, 1.165) is 5.56 Å². The number of nitrogens with two attached hydrogens (primary N) is 1. The topological polar surface area (TPSA) is 106 Å². The maximum absolute atomic E-state index is 12.4. The zero-order chi connectivity index (χ0) is 20.4. The Hall–Kier alpha value is -2.57. The van der Waals surface area contributed by atoms with E-state index in [4.69, 9.17) is 10.5 Å². The van der Waals surface area contributed by atoms with Crippen molar-refractivity contribution < 1.29 is 14.3 Å². The lowest BCUT2D eigenvalue weighted by Gasteiger charge is -2.17. The number of benzene rings is 1. The van der Waals surface area contributed by atoms with Crippen LogP contribution in [0.1, 0.15) is 39.7 Å². The summed E-state index contributed by atoms with van der Waals surface area (Å²) in [6.45, 7) is 8.64. The van der Waals surface area contributed by atoms with Gasteiger partial charge in [-0.2, -0.15) is 0 Å². The molecule has 0 saturated carbocycles. The van der Waals surface area contributed by atoms with Crippen LogP contribution >= 0.6 is 0 Å². The summed E-state index contributed by atoms with van der Waals surface area (Å²) in [5.41, 5.74) is 6.67. The molecular formula is C20H32N4O3. The first-order chi connectivity index (χ1) is 12.7. The molecule has 1 aromatic rings. The number of hydrogen-bond donors (Lipinski definition) is 3. The molecule has 0 bridgehead atoms. The molecule has 0 aromatic heterocycles. The van der Waals surface area contributed by atoms with Crippen LogP contribution in [0.15, 0.2) is 29.3 Å². The molecule has 1 atom stereocenters. The lowest BCUT2D eigenvalue weighted by molar-refractivity contribution is -0.123. The second-order valence-corrected chi connectivity index (χ2v) is 7.38. The Bertz CT molecular complexity index is 656. The molecular weight excluding hydrogens is 344 g/mol. The van der Waals surface area contributed by atoms with Crippen molar-refractivity contribution in [2.45, 2.75) is 46.6 Å². The predicted molar refractivity (Wildman–Crippen MR) is 108 cm³/mol. The van der Waals surface area contributed by atoms with E-state index < -0.39 is 6.04 Å². The highest BCUT2D eigenvalue weighted by Crippen LogP contribution is 2.13. The average Bonchev–Trinajstić information content (AvgIpc) is 2.58. The van der Waals surface area contributed by atoms with E-state index in [-0.39, 0.29) is 30.1 Å². The van der Waals surface area contributed by atoms with Gasteiger partial charge in [-0.15, -0.1) is 0 Å². The number of carbonyl (C=O) groups is 2. The monoisotopic (exact) mass is 376 g/mol. The van der Waals surface area contributed by atoms with Gasteiger partial charge in [-0.1, -0.05) is 39.8 Å². The summed E-state index contributed by atoms with van der Waals surface area (Å²) in [5, 5.41) is 5.43. The minimum absolute atomic E-state index is 0.0479. The van der Waals surface area contributed by atoms with Crippen LogP contribution in [0, 0.1) is 11.8 Å². The number of nitrogens with one attached hydrogen (secondary N) is 2. The molecule has 0 heterocycles. The molecule has 1 unspecified atom stereocenters. The summed E-state index contributed by atoms with van der Waals surface area (Å²) >= 11 is 0. The van der Waals surface area contributed by atoms with Crippen LogP contribution in [0.5, 0.6) is 5.75 Å². The van der Waals surface area contributed by atoms with Crippen LogP contribution in [0.2, 0.25) is 0 Å². The molecule has 27 heavy (non-hydrogen) atoms. The number of amides is 2. The fourth-order valence-corrected chi connectivity index (χ4v) is 2.44. The highest BCUT2D eigenvalue weighted by molar-refractivity contribution is 5.98. The Morgan fingerprint density at radius 1 is 1.19 bits per heavy atom. The molecule has 0 fully saturated rings. The molecule has 2 amide bonds. The molecule has 0 aliphatic heterocycles. The lowest BCUT2D eigenvalue weighted by Crippen LogP contribution is -2.42. The number of guanidine groups is 1. The van der Waals surface area contributed by atoms with Crippen molar-refractivity contribution in [1.29, 1.82) is 0 Å². The second-order valence-electron chi connectivity index (χ2n) is 7.38. The summed E-state index contributed by atoms with van der Waals surface area (Å²) in [4.78, 5) is 28.8. The first kappa shape index (κ1) is 22.5. The van der Waals surface area contributed by atoms with Crippen molar-refractivity contribution in [3.8, 4) is 5.75 Å². The fourth-order valence-electron chi connectivity index (χ4n) is 2.44. The Labute approximate surface area is 161 Å². The van der Waals surface area contributed by atoms with E-state index in [1.54, 1.807) is 13.2 Å². The molecule has 0 spiro atoms. The van der Waals surface area contributed by atoms with Gasteiger partial charge in [0.25, 0.3) is 0 Å². The van der Waals surface area contributed by atoms with Crippen LogP contribution in [0.4, 0.5) is 0 Å². The van der Waals surface area contributed by atoms with E-state index in [2.05, 4.69) is 15.6 Å². The van der Waals surface area contributed by atoms with Gasteiger partial charge in [0, 0.05) is 6.54 Å². The summed E-state index contributed by atoms with van der Waals surface area (Å²) in [7, 11) is 1.57. The highest BCUT2D eigenvalue weighted by atomic mass is 16.5. The Balaban J connectivity index is 2.72. The van der Waals surface area contributed by atoms with Gasteiger partial charge in [-0.25, -0.2) is 4.99 Å². The van der Waals surface area contributed by atoms with E-state index in [9.17, 15) is 9.59 Å². The van der Waals surface area contributed by atoms with Gasteiger partial charge < -0.3 is 15.8 Å². The minimum atomic E-state index is -0.624. The summed E-state index contributed by atoms with van der Waals surface area (Å²) < 4.78 is 5.15. The average molecular weight is 377 g/mol. The quantitative estimate of drug-likeness (QED) is 0.452. The smallest absolute Gasteiger partial charge is 0.244 e. The molecule has 7 heteroatoms. The number of nitrogens with zero attached hydrogens (tertiary/aromatic N) is 1. The SMILES string of the molecule is COc1cccc(CC(=O)NC(N)=NC(CC(C)C)C(=O)NCC(C)C)c1. The van der Waals surface area contributed by atoms with Crippen LogP contribution in [0.25, 0.3) is 0 Å². The Kier molecular flexibility index (Phi) is 9.33. The third kappa shape index (κ3) is 9.08. The molecule has 0 saturated heterocycles. The lowest BCUT2D eigenvalue weighted by atomic mass is 10.0. The van der Waals surface area contributed by atoms with Crippen molar-refractivity contribution in [2.75, 3.05) is 13.7 Å². The van der Waals surface area contributed by atoms with Gasteiger partial charge in [0.15, 0.2) is 5.96 Å². The van der Waals surface area contributed by atoms with Gasteiger partial charge >= 0.3 is 0 Å². The third-order valence-corrected chi connectivity index (χ3v) is 3.74. The Morgan fingerprint density at radius 2 is 1.89 bits per heavy atom. The maximum Gasteiger partial charge on any atom is 0.244 e. The summed E-state index contributed by atoms with van der Waals surface area (Å²) in [6.07, 6.45) is 0.693. The normalized spacial score (nSPS) is 12.8. The van der Waals surface area contributed by atoms with E-state index in [0.29, 0.717) is 24.6 Å². The predicted octanol–water partition coefficient (Wildman–Crippen LogP) is 1.86. The van der Waals surface area contributed by atoms with Crippen LogP contribution in [0.3, 0.4) is 0 Å². The van der Waals surface area contributed by atoms with Gasteiger partial charge in [0.2, 0.25) is 11.8 Å². The molecule has 7 nitrogen and oxygen atoms in total. The van der Waals surface area contributed by atoms with E-state index in [1.165, 1.54) is 0 Å². The number of ether oxygens (including phenoxy) is 1. The van der Waals surface area contributed by atoms with Gasteiger partial charge in [-0.3, -0.25) is 14.9 Å². The molecule has 1 aromatic carbocycles. The van der Waals surface area contributed by atoms with Gasteiger partial charge in [0.05, 0.1) is 13.5 Å². The van der Waals surface area contributed by atoms with Crippen LogP contribution in [-0.4, -0.2) is 37.5 Å². The van der Waals surface area contributed by atoms with Crippen molar-refractivity contribution in [3.63, 3.8) is 0 Å². The van der Waals surface area contributed by atoms with Crippen molar-refractivity contribution in [3.05, 3.63) is 29.8 Å². The van der Waals surface area contributed by atoms with Crippen molar-refractivity contribution in [2.24, 2.45) is 22.6 Å². The molecule has 0 aliphatic carbocycles. The zero-order valence-electron chi connectivity index (χ0n) is 16.9. The van der Waals surface area contributed by atoms with Gasteiger partial charge in [0.1, 0.15) is 11.8 Å². The van der Waals surface area contributed by atoms with Crippen molar-refractivity contribution in [1.82, 2.24) is 10.6 Å². The minimum Gasteiger partial charge on any atom is -0.497 e. The highest BCUT2D eigenvalue weighted by Gasteiger charge is 2.20. The fraction of sp³-hybridized carbons (Fsp3) is 0.550. The molecule has 0 radical (unpaired) electrons. The molecule has 4 N–H and O–H groups in total. The summed E-state index contributed by atoms with van der Waals surface area (Å²) in [5.74, 6) is 0.771. The van der Waals surface area contributed by atoms with Crippen LogP contribution in [-0.2, 0) is 16.0 Å². The van der Waals surface area contributed by atoms with Crippen LogP contribution < -0.4 is 21.1 Å². The van der Waals surface area contributed by atoms with Crippen molar-refractivity contribution >= 4 is 17.8 Å². The first-order valence-corrected chi connectivity index (χ1v) is 9.25. The number of aliphatic imine (C=N–C) groups is 1. The van der Waals surface area contributed by atoms with Gasteiger partial charge in [-0.05, 0) is 36.0 Å². The largest absolute Gasteiger partial charge is 0.497 e. The number of methoxy groups -OCH3 is 1. The Morgan fingerprint density at radius 3 is 2.48 bits per heavy atom. The zero-order valence-corrected chi connectivity index (χ0v) is 16.9. The summed E-state index contributed by atoms with van der Waals surface area (Å²) in [6, 6.07) is 6.62. The molecule has 0 aliphatic rings.